The fourth-order valence-electron chi connectivity index (χ4n) is 9.62. The van der Waals surface area contributed by atoms with Crippen LogP contribution in [-0.4, -0.2) is 131 Å². The number of morpholine rings is 1. The number of aromatic amines is 1. The smallest absolute Gasteiger partial charge is 0.243 e. The van der Waals surface area contributed by atoms with E-state index in [4.69, 9.17) is 26.7 Å². The number of fused-ring (bicyclic) bond motifs is 1. The van der Waals surface area contributed by atoms with Gasteiger partial charge in [0.05, 0.1) is 43.0 Å². The van der Waals surface area contributed by atoms with Gasteiger partial charge < -0.3 is 63.3 Å². The number of phenols is 1. The number of nitrogens with one attached hydrogen (secondary N) is 6. The number of benzene rings is 4. The molecule has 0 bridgehead atoms. The van der Waals surface area contributed by atoms with Crippen molar-refractivity contribution in [3.8, 4) is 22.6 Å². The van der Waals surface area contributed by atoms with Crippen molar-refractivity contribution >= 4 is 62.3 Å². The van der Waals surface area contributed by atoms with E-state index >= 15 is 0 Å². The van der Waals surface area contributed by atoms with Gasteiger partial charge in [0.1, 0.15) is 23.6 Å². The molecule has 1 aliphatic carbocycles. The molecule has 3 radical (unpaired) electrons. The van der Waals surface area contributed by atoms with Crippen LogP contribution in [0.2, 0.25) is 0 Å². The number of hydrogen-bond acceptors (Lipinski definition) is 11. The summed E-state index contributed by atoms with van der Waals surface area (Å²) in [5, 5.41) is 25.5. The van der Waals surface area contributed by atoms with Crippen molar-refractivity contribution in [2.75, 3.05) is 51.8 Å². The number of nitrogens with two attached hydrogens (primary N) is 3. The molecule has 5 amide bonds. The van der Waals surface area contributed by atoms with Gasteiger partial charge in [-0.3, -0.25) is 33.9 Å². The number of aliphatic imine (C=N–C) groups is 1. The third kappa shape index (κ3) is 16.4. The number of guanidine groups is 1. The maximum atomic E-state index is 14.8. The van der Waals surface area contributed by atoms with Crippen LogP contribution in [0.3, 0.4) is 0 Å². The van der Waals surface area contributed by atoms with Crippen molar-refractivity contribution in [1.29, 1.82) is 0 Å². The summed E-state index contributed by atoms with van der Waals surface area (Å²) < 4.78 is 11.1. The zero-order valence-electron chi connectivity index (χ0n) is 42.4. The number of aromatic hydroxyl groups is 1. The number of amides is 5. The predicted octanol–water partition coefficient (Wildman–Crippen LogP) is 3.08. The van der Waals surface area contributed by atoms with Crippen molar-refractivity contribution in [2.24, 2.45) is 34.0 Å². The molecule has 1 aliphatic heterocycles. The lowest BCUT2D eigenvalue weighted by Gasteiger charge is -2.30. The number of ether oxygens (including phenoxy) is 2. The molecule has 2 fully saturated rings. The molecule has 2 aliphatic rings. The van der Waals surface area contributed by atoms with Crippen molar-refractivity contribution in [1.82, 2.24) is 31.2 Å². The zero-order valence-corrected chi connectivity index (χ0v) is 43.4. The summed E-state index contributed by atoms with van der Waals surface area (Å²) in [5.41, 5.74) is 21.9. The molecule has 0 spiro atoms. The molecule has 397 valence electrons. The number of nitrogens with zero attached hydrogens (tertiary/aromatic N) is 2. The highest BCUT2D eigenvalue weighted by Crippen LogP contribution is 2.31. The molecule has 19 nitrogen and oxygen atoms in total. The number of para-hydroxylation sites is 1. The van der Waals surface area contributed by atoms with Crippen LogP contribution in [0.5, 0.6) is 11.5 Å². The Labute approximate surface area is 440 Å². The molecular formula is C55H70N11O8Si. The maximum absolute atomic E-state index is 14.8. The molecule has 1 saturated carbocycles. The molecule has 13 N–H and O–H groups in total. The Bertz CT molecular complexity index is 2740. The fourth-order valence-corrected chi connectivity index (χ4v) is 10.0. The molecule has 75 heavy (non-hydrogen) atoms. The van der Waals surface area contributed by atoms with E-state index in [1.165, 1.54) is 0 Å². The van der Waals surface area contributed by atoms with Crippen LogP contribution in [0.1, 0.15) is 61.6 Å². The van der Waals surface area contributed by atoms with Crippen LogP contribution < -0.4 is 48.5 Å². The lowest BCUT2D eigenvalue weighted by Crippen LogP contribution is -2.57. The Morgan fingerprint density at radius 2 is 1.61 bits per heavy atom. The lowest BCUT2D eigenvalue weighted by molar-refractivity contribution is -0.133. The molecule has 1 unspecified atom stereocenters. The molecule has 20 heteroatoms. The third-order valence-electron chi connectivity index (χ3n) is 13.8. The summed E-state index contributed by atoms with van der Waals surface area (Å²) in [6.07, 6.45) is 5.68. The Morgan fingerprint density at radius 1 is 0.867 bits per heavy atom. The van der Waals surface area contributed by atoms with Gasteiger partial charge in [-0.05, 0) is 104 Å². The van der Waals surface area contributed by atoms with Crippen LogP contribution >= 0.6 is 0 Å². The molecule has 2 heterocycles. The van der Waals surface area contributed by atoms with Crippen LogP contribution in [0.4, 0.5) is 5.69 Å². The maximum Gasteiger partial charge on any atom is 0.243 e. The van der Waals surface area contributed by atoms with Crippen molar-refractivity contribution < 1.29 is 38.6 Å². The average molecular weight is 1040 g/mol. The number of H-pyrrole nitrogens is 1. The normalized spacial score (nSPS) is 17.4. The van der Waals surface area contributed by atoms with E-state index in [-0.39, 0.29) is 49.5 Å². The van der Waals surface area contributed by atoms with Crippen LogP contribution in [0.25, 0.3) is 22.0 Å². The van der Waals surface area contributed by atoms with Gasteiger partial charge >= 0.3 is 0 Å². The third-order valence-corrected chi connectivity index (χ3v) is 14.3. The summed E-state index contributed by atoms with van der Waals surface area (Å²) in [7, 11) is 5.34. The summed E-state index contributed by atoms with van der Waals surface area (Å²) in [6, 6.07) is 25.3. The number of aromatic nitrogens is 1. The van der Waals surface area contributed by atoms with Crippen LogP contribution in [0.15, 0.2) is 102 Å². The van der Waals surface area contributed by atoms with Crippen LogP contribution in [-0.2, 0) is 48.1 Å². The topological polar surface area (TPSA) is 294 Å². The van der Waals surface area contributed by atoms with Crippen molar-refractivity contribution in [2.45, 2.75) is 88.1 Å². The zero-order chi connectivity index (χ0) is 53.3. The van der Waals surface area contributed by atoms with Gasteiger partial charge in [0.15, 0.2) is 5.96 Å². The molecule has 6 atom stereocenters. The van der Waals surface area contributed by atoms with Gasteiger partial charge in [0, 0.05) is 78.6 Å². The first kappa shape index (κ1) is 55.5. The van der Waals surface area contributed by atoms with E-state index < -0.39 is 53.2 Å². The van der Waals surface area contributed by atoms with Gasteiger partial charge in [-0.25, -0.2) is 0 Å². The van der Waals surface area contributed by atoms with Gasteiger partial charge in [-0.15, -0.1) is 0 Å². The summed E-state index contributed by atoms with van der Waals surface area (Å²) in [6.45, 7) is 3.78. The number of phenolic OH excluding ortho intramolecular Hbond substituents is 1. The Kier molecular flexibility index (Phi) is 20.2. The van der Waals surface area contributed by atoms with E-state index in [0.717, 1.165) is 60.2 Å². The van der Waals surface area contributed by atoms with Crippen molar-refractivity contribution in [3.63, 3.8) is 0 Å². The number of methoxy groups -OCH3 is 1. The van der Waals surface area contributed by atoms with Crippen molar-refractivity contribution in [3.05, 3.63) is 114 Å². The molecular weight excluding hydrogens is 971 g/mol. The minimum absolute atomic E-state index is 0.0413. The minimum atomic E-state index is -1.11. The molecule has 1 aromatic heterocycles. The first-order chi connectivity index (χ1) is 36.2. The van der Waals surface area contributed by atoms with Gasteiger partial charge in [-0.1, -0.05) is 61.0 Å². The second kappa shape index (κ2) is 27.3. The van der Waals surface area contributed by atoms with Crippen LogP contribution in [0, 0.1) is 11.8 Å². The van der Waals surface area contributed by atoms with E-state index in [2.05, 4.69) is 51.7 Å². The standard InChI is InChI=1S/C55H70N11O8Si/c1-73-48-11-3-2-9-42(48)36-16-12-34(13-17-36)27-44(54(75)65-53(72)47(64-50(69)37-7-6-8-39(56)28-37)29-38-31-60-45-21-20-41(67)30-43(38)45)51(70)63-46(10-4-5-22-59-55(57)58)52(71)61-32-49(68)62-40-18-14-35(15-19-40)33-66-23-25-74-26-24-66/h2-3,9,11-21,30-31,37,39,44,46-47,54,60,67H,4-8,10,22-29,32-33,56H2,1H3,(H,61,71)(H,62,68)(H,63,70)(H,64,69)(H,65,72)(H4,57,58,59)/t37-,39-,44-,46-,47-,54?/m0/s1. The highest BCUT2D eigenvalue weighted by molar-refractivity contribution is 6.15. The van der Waals surface area contributed by atoms with E-state index in [1.54, 1.807) is 31.5 Å². The summed E-state index contributed by atoms with van der Waals surface area (Å²) >= 11 is 0. The highest BCUT2D eigenvalue weighted by atomic mass is 28.1. The number of carbonyl (C=O) groups excluding carboxylic acids is 5. The number of unbranched alkanes of at least 4 members (excludes halogenated alkanes) is 1. The molecule has 7 rings (SSSR count). The molecule has 5 aromatic rings. The second-order valence-corrected chi connectivity index (χ2v) is 20.0. The van der Waals surface area contributed by atoms with Gasteiger partial charge in [0.2, 0.25) is 29.5 Å². The first-order valence-corrected chi connectivity index (χ1v) is 26.2. The second-order valence-electron chi connectivity index (χ2n) is 19.3. The Hall–Kier alpha value is -7.26. The molecule has 1 saturated heterocycles. The predicted molar refractivity (Wildman–Crippen MR) is 289 cm³/mol. The Balaban J connectivity index is 1.10. The summed E-state index contributed by atoms with van der Waals surface area (Å²) in [5.74, 6) is -3.26. The van der Waals surface area contributed by atoms with E-state index in [0.29, 0.717) is 67.8 Å². The minimum Gasteiger partial charge on any atom is -0.508 e. The first-order valence-electron chi connectivity index (χ1n) is 25.6. The van der Waals surface area contributed by atoms with Gasteiger partial charge in [0.25, 0.3) is 0 Å². The van der Waals surface area contributed by atoms with Gasteiger partial charge in [-0.2, -0.15) is 0 Å². The fraction of sp³-hybridized carbons (Fsp3) is 0.418. The van der Waals surface area contributed by atoms with E-state index in [1.807, 2.05) is 72.8 Å². The van der Waals surface area contributed by atoms with E-state index in [9.17, 15) is 29.1 Å². The number of hydrogen-bond donors (Lipinski definition) is 10. The largest absolute Gasteiger partial charge is 0.508 e. The average Bonchev–Trinajstić information content (AvgIpc) is 3.80. The summed E-state index contributed by atoms with van der Waals surface area (Å²) in [4.78, 5) is 80.2. The quantitative estimate of drug-likeness (QED) is 0.0185. The monoisotopic (exact) mass is 1040 g/mol. The molecule has 4 aromatic carbocycles. The number of rotatable bonds is 24. The highest BCUT2D eigenvalue weighted by Gasteiger charge is 2.34. The SMILES string of the molecule is COc1ccccc1-c1ccc(C[C@@H](C(=O)N[C@@H](CCCCN=C(N)N)C(=O)NCC(=O)Nc2ccc(CN3CCOCC3)cc2)C([Si])NC(=O)[C@H](Cc2c[nH]c3ccc(O)cc23)NC(=O)[C@H]2CCC[C@H](N)C2)cc1. The lowest BCUT2D eigenvalue weighted by atomic mass is 9.85. The number of anilines is 1. The number of carbonyl (C=O) groups is 5. The Morgan fingerprint density at radius 3 is 2.35 bits per heavy atom.